The molecule has 1 heterocycles. The number of anilines is 1. The molecule has 0 aliphatic carbocycles. The molecule has 1 rings (SSSR count). The molecule has 16 heavy (non-hydrogen) atoms. The van der Waals surface area contributed by atoms with Crippen LogP contribution < -0.4 is 5.32 Å². The summed E-state index contributed by atoms with van der Waals surface area (Å²) in [7, 11) is 0. The molecule has 0 saturated carbocycles. The van der Waals surface area contributed by atoms with E-state index in [-0.39, 0.29) is 0 Å². The van der Waals surface area contributed by atoms with Crippen LogP contribution in [0.4, 0.5) is 5.82 Å². The zero-order chi connectivity index (χ0) is 12.2. The highest BCUT2D eigenvalue weighted by Crippen LogP contribution is 2.24. The number of nitrogens with one attached hydrogen (secondary N) is 1. The zero-order valence-electron chi connectivity index (χ0n) is 9.43. The van der Waals surface area contributed by atoms with E-state index in [9.17, 15) is 5.11 Å². The Balaban J connectivity index is 2.67. The smallest absolute Gasteiger partial charge is 0.144 e. The van der Waals surface area contributed by atoms with Gasteiger partial charge in [0.25, 0.3) is 0 Å². The summed E-state index contributed by atoms with van der Waals surface area (Å²) in [6, 6.07) is 1.77. The second-order valence-electron chi connectivity index (χ2n) is 3.77. The van der Waals surface area contributed by atoms with E-state index in [2.05, 4.69) is 26.2 Å². The van der Waals surface area contributed by atoms with Crippen LogP contribution in [0.1, 0.15) is 26.7 Å². The number of pyridine rings is 1. The van der Waals surface area contributed by atoms with Crippen molar-refractivity contribution in [2.75, 3.05) is 11.9 Å². The fourth-order valence-electron chi connectivity index (χ4n) is 1.29. The molecule has 2 N–H and O–H groups in total. The topological polar surface area (TPSA) is 45.1 Å². The number of halogens is 2. The highest BCUT2D eigenvalue weighted by molar-refractivity contribution is 9.10. The summed E-state index contributed by atoms with van der Waals surface area (Å²) in [5, 5.41) is 13.7. The second kappa shape index (κ2) is 5.84. The summed E-state index contributed by atoms with van der Waals surface area (Å²) < 4.78 is 0.837. The first kappa shape index (κ1) is 13.7. The summed E-state index contributed by atoms with van der Waals surface area (Å²) in [6.07, 6.45) is 3.07. The zero-order valence-corrected chi connectivity index (χ0v) is 11.8. The summed E-state index contributed by atoms with van der Waals surface area (Å²) in [6.45, 7) is 4.37. The molecule has 0 saturated heterocycles. The molecule has 1 aromatic heterocycles. The van der Waals surface area contributed by atoms with E-state index in [4.69, 9.17) is 11.6 Å². The van der Waals surface area contributed by atoms with E-state index in [1.165, 1.54) is 0 Å². The summed E-state index contributed by atoms with van der Waals surface area (Å²) in [5.74, 6) is 0.602. The summed E-state index contributed by atoms with van der Waals surface area (Å²) >= 11 is 9.30. The van der Waals surface area contributed by atoms with Crippen molar-refractivity contribution in [3.05, 3.63) is 21.8 Å². The monoisotopic (exact) mass is 306 g/mol. The summed E-state index contributed by atoms with van der Waals surface area (Å²) in [5.41, 5.74) is -0.696. The van der Waals surface area contributed by atoms with Gasteiger partial charge < -0.3 is 10.4 Å². The van der Waals surface area contributed by atoms with Gasteiger partial charge in [-0.2, -0.15) is 0 Å². The standard InChI is InChI=1S/C11H16BrClN2O/c1-3-11(16,4-2)7-15-10-9(13)5-8(12)6-14-10/h5-6,16H,3-4,7H2,1-2H3,(H,14,15). The fraction of sp³-hybridized carbons (Fsp3) is 0.545. The van der Waals surface area contributed by atoms with Crippen molar-refractivity contribution < 1.29 is 5.11 Å². The van der Waals surface area contributed by atoms with Gasteiger partial charge in [-0.1, -0.05) is 25.4 Å². The van der Waals surface area contributed by atoms with Crippen molar-refractivity contribution in [1.82, 2.24) is 4.98 Å². The minimum absolute atomic E-state index is 0.453. The van der Waals surface area contributed by atoms with Crippen LogP contribution >= 0.6 is 27.5 Å². The molecule has 0 aliphatic rings. The molecule has 0 aliphatic heterocycles. The average molecular weight is 308 g/mol. The lowest BCUT2D eigenvalue weighted by molar-refractivity contribution is 0.0456. The van der Waals surface area contributed by atoms with Gasteiger partial charge in [-0.05, 0) is 34.8 Å². The van der Waals surface area contributed by atoms with Gasteiger partial charge in [0.1, 0.15) is 5.82 Å². The molecule has 0 bridgehead atoms. The largest absolute Gasteiger partial charge is 0.388 e. The Kier molecular flexibility index (Phi) is 5.02. The van der Waals surface area contributed by atoms with Gasteiger partial charge in [-0.25, -0.2) is 4.98 Å². The van der Waals surface area contributed by atoms with E-state index in [1.807, 2.05) is 13.8 Å². The van der Waals surface area contributed by atoms with Crippen LogP contribution in [-0.2, 0) is 0 Å². The molecule has 5 heteroatoms. The maximum absolute atomic E-state index is 10.1. The normalized spacial score (nSPS) is 11.6. The van der Waals surface area contributed by atoms with Crippen LogP contribution in [0.3, 0.4) is 0 Å². The van der Waals surface area contributed by atoms with Crippen LogP contribution in [0.15, 0.2) is 16.7 Å². The minimum Gasteiger partial charge on any atom is -0.388 e. The average Bonchev–Trinajstić information content (AvgIpc) is 2.27. The highest BCUT2D eigenvalue weighted by Gasteiger charge is 2.22. The van der Waals surface area contributed by atoms with Crippen LogP contribution in [0.2, 0.25) is 5.02 Å². The Morgan fingerprint density at radius 1 is 1.50 bits per heavy atom. The number of nitrogens with zero attached hydrogens (tertiary/aromatic N) is 1. The molecule has 0 fully saturated rings. The Hall–Kier alpha value is -0.320. The lowest BCUT2D eigenvalue weighted by atomic mass is 9.98. The molecular formula is C11H16BrClN2O. The number of rotatable bonds is 5. The van der Waals surface area contributed by atoms with E-state index < -0.39 is 5.60 Å². The van der Waals surface area contributed by atoms with Gasteiger partial charge in [0.2, 0.25) is 0 Å². The van der Waals surface area contributed by atoms with Crippen molar-refractivity contribution in [1.29, 1.82) is 0 Å². The maximum Gasteiger partial charge on any atom is 0.144 e. The molecule has 0 radical (unpaired) electrons. The molecule has 0 spiro atoms. The number of aliphatic hydroxyl groups is 1. The van der Waals surface area contributed by atoms with Crippen LogP contribution in [0, 0.1) is 0 Å². The molecule has 0 unspecified atom stereocenters. The Morgan fingerprint density at radius 2 is 2.12 bits per heavy atom. The van der Waals surface area contributed by atoms with Gasteiger partial charge in [-0.3, -0.25) is 0 Å². The molecule has 0 atom stereocenters. The van der Waals surface area contributed by atoms with E-state index in [0.717, 1.165) is 4.47 Å². The third-order valence-corrected chi connectivity index (χ3v) is 3.43. The van der Waals surface area contributed by atoms with Crippen LogP contribution in [-0.4, -0.2) is 22.2 Å². The maximum atomic E-state index is 10.1. The highest BCUT2D eigenvalue weighted by atomic mass is 79.9. The van der Waals surface area contributed by atoms with Gasteiger partial charge in [0.05, 0.1) is 10.6 Å². The van der Waals surface area contributed by atoms with Crippen LogP contribution in [0.5, 0.6) is 0 Å². The molecule has 0 aromatic carbocycles. The minimum atomic E-state index is -0.696. The first-order valence-electron chi connectivity index (χ1n) is 5.28. The third-order valence-electron chi connectivity index (χ3n) is 2.71. The Morgan fingerprint density at radius 3 is 2.62 bits per heavy atom. The predicted molar refractivity (Wildman–Crippen MR) is 71.0 cm³/mol. The number of aromatic nitrogens is 1. The van der Waals surface area contributed by atoms with Gasteiger partial charge in [-0.15, -0.1) is 0 Å². The van der Waals surface area contributed by atoms with Gasteiger partial charge >= 0.3 is 0 Å². The van der Waals surface area contributed by atoms with Crippen molar-refractivity contribution in [2.45, 2.75) is 32.3 Å². The number of hydrogen-bond acceptors (Lipinski definition) is 3. The van der Waals surface area contributed by atoms with Crippen LogP contribution in [0.25, 0.3) is 0 Å². The first-order valence-corrected chi connectivity index (χ1v) is 6.45. The summed E-state index contributed by atoms with van der Waals surface area (Å²) in [4.78, 5) is 4.15. The molecular weight excluding hydrogens is 291 g/mol. The molecule has 90 valence electrons. The Labute approximate surface area is 109 Å². The van der Waals surface area contributed by atoms with Crippen molar-refractivity contribution in [3.63, 3.8) is 0 Å². The van der Waals surface area contributed by atoms with Crippen molar-refractivity contribution in [3.8, 4) is 0 Å². The van der Waals surface area contributed by atoms with Gasteiger partial charge in [0.15, 0.2) is 0 Å². The third kappa shape index (κ3) is 3.61. The Bertz CT molecular complexity index is 356. The fourth-order valence-corrected chi connectivity index (χ4v) is 1.99. The lowest BCUT2D eigenvalue weighted by Gasteiger charge is -2.25. The van der Waals surface area contributed by atoms with E-state index in [0.29, 0.717) is 30.2 Å². The quantitative estimate of drug-likeness (QED) is 0.875. The molecule has 0 amide bonds. The van der Waals surface area contributed by atoms with E-state index in [1.54, 1.807) is 12.3 Å². The molecule has 1 aromatic rings. The predicted octanol–water partition coefficient (Wildman–Crippen LogP) is 3.46. The number of hydrogen-bond donors (Lipinski definition) is 2. The van der Waals surface area contributed by atoms with E-state index >= 15 is 0 Å². The second-order valence-corrected chi connectivity index (χ2v) is 5.09. The SMILES string of the molecule is CCC(O)(CC)CNc1ncc(Br)cc1Cl. The lowest BCUT2D eigenvalue weighted by Crippen LogP contribution is -2.35. The van der Waals surface area contributed by atoms with Gasteiger partial charge in [0, 0.05) is 17.2 Å². The van der Waals surface area contributed by atoms with Crippen molar-refractivity contribution >= 4 is 33.3 Å². The molecule has 3 nitrogen and oxygen atoms in total. The first-order chi connectivity index (χ1) is 7.50. The van der Waals surface area contributed by atoms with Crippen molar-refractivity contribution in [2.24, 2.45) is 0 Å².